The number of hydrogen-bond acceptors (Lipinski definition) is 1. The second-order valence-electron chi connectivity index (χ2n) is 5.82. The molecule has 0 aliphatic rings. The number of aryl methyl sites for hydroxylation is 2. The minimum atomic E-state index is 0.908. The predicted octanol–water partition coefficient (Wildman–Crippen LogP) is 4.03. The number of fused-ring (bicyclic) bond motifs is 1. The van der Waals surface area contributed by atoms with Crippen molar-refractivity contribution in [3.63, 3.8) is 0 Å². The fraction of sp³-hybridized carbons (Fsp3) is 0.263. The highest BCUT2D eigenvalue weighted by Crippen LogP contribution is 2.22. The van der Waals surface area contributed by atoms with Gasteiger partial charge in [0.1, 0.15) is 0 Å². The van der Waals surface area contributed by atoms with E-state index in [1.807, 2.05) is 7.05 Å². The fourth-order valence-corrected chi connectivity index (χ4v) is 3.13. The summed E-state index contributed by atoms with van der Waals surface area (Å²) in [5.74, 6) is 0. The topological polar surface area (TPSA) is 17.0 Å². The number of aromatic nitrogens is 1. The Bertz CT molecular complexity index is 748. The van der Waals surface area contributed by atoms with Gasteiger partial charge in [-0.15, -0.1) is 0 Å². The molecule has 0 unspecified atom stereocenters. The van der Waals surface area contributed by atoms with Gasteiger partial charge in [-0.2, -0.15) is 0 Å². The smallest absolute Gasteiger partial charge is 0.0486 e. The van der Waals surface area contributed by atoms with E-state index in [0.29, 0.717) is 0 Å². The van der Waals surface area contributed by atoms with Crippen LogP contribution in [0.4, 0.5) is 0 Å². The van der Waals surface area contributed by atoms with E-state index < -0.39 is 0 Å². The third-order valence-electron chi connectivity index (χ3n) is 3.91. The highest BCUT2D eigenvalue weighted by atomic mass is 15.0. The second kappa shape index (κ2) is 5.74. The third kappa shape index (κ3) is 2.86. The molecular formula is C19H22N2. The fourth-order valence-electron chi connectivity index (χ4n) is 3.13. The van der Waals surface area contributed by atoms with Crippen LogP contribution >= 0.6 is 0 Å². The standard InChI is InChI=1S/C19H22N2/c1-14-9-15(2)11-16(10-14)13-21-8-7-18-17(12-20-3)5-4-6-19(18)21/h4-11,20H,12-13H2,1-3H3. The molecule has 3 aromatic rings. The maximum atomic E-state index is 3.24. The van der Waals surface area contributed by atoms with Crippen LogP contribution in [-0.2, 0) is 13.1 Å². The summed E-state index contributed by atoms with van der Waals surface area (Å²) < 4.78 is 2.34. The Morgan fingerprint density at radius 3 is 2.48 bits per heavy atom. The largest absolute Gasteiger partial charge is 0.343 e. The molecule has 0 amide bonds. The van der Waals surface area contributed by atoms with Crippen molar-refractivity contribution in [2.45, 2.75) is 26.9 Å². The summed E-state index contributed by atoms with van der Waals surface area (Å²) in [6.45, 7) is 6.16. The molecule has 21 heavy (non-hydrogen) atoms. The van der Waals surface area contributed by atoms with Crippen LogP contribution in [0, 0.1) is 13.8 Å². The van der Waals surface area contributed by atoms with Gasteiger partial charge in [-0.1, -0.05) is 41.5 Å². The molecule has 2 aromatic carbocycles. The second-order valence-corrected chi connectivity index (χ2v) is 5.82. The molecule has 0 aliphatic carbocycles. The van der Waals surface area contributed by atoms with Crippen molar-refractivity contribution in [3.8, 4) is 0 Å². The van der Waals surface area contributed by atoms with E-state index in [1.165, 1.54) is 33.2 Å². The van der Waals surface area contributed by atoms with E-state index in [1.54, 1.807) is 0 Å². The normalized spacial score (nSPS) is 11.2. The van der Waals surface area contributed by atoms with Crippen molar-refractivity contribution in [1.29, 1.82) is 0 Å². The van der Waals surface area contributed by atoms with Crippen LogP contribution in [0.3, 0.4) is 0 Å². The van der Waals surface area contributed by atoms with Gasteiger partial charge in [0, 0.05) is 30.2 Å². The Morgan fingerprint density at radius 2 is 1.76 bits per heavy atom. The summed E-state index contributed by atoms with van der Waals surface area (Å²) in [7, 11) is 1.99. The first-order chi connectivity index (χ1) is 10.2. The van der Waals surface area contributed by atoms with Crippen molar-refractivity contribution >= 4 is 10.9 Å². The molecule has 3 rings (SSSR count). The Balaban J connectivity index is 1.99. The minimum Gasteiger partial charge on any atom is -0.343 e. The Kier molecular flexibility index (Phi) is 3.80. The molecule has 1 N–H and O–H groups in total. The minimum absolute atomic E-state index is 0.908. The number of rotatable bonds is 4. The van der Waals surface area contributed by atoms with E-state index in [0.717, 1.165) is 13.1 Å². The van der Waals surface area contributed by atoms with Crippen LogP contribution in [0.25, 0.3) is 10.9 Å². The first-order valence-corrected chi connectivity index (χ1v) is 7.46. The van der Waals surface area contributed by atoms with Crippen molar-refractivity contribution in [2.24, 2.45) is 0 Å². The van der Waals surface area contributed by atoms with Crippen LogP contribution in [0.2, 0.25) is 0 Å². The lowest BCUT2D eigenvalue weighted by molar-refractivity contribution is 0.820. The summed E-state index contributed by atoms with van der Waals surface area (Å²) in [5.41, 5.74) is 6.69. The predicted molar refractivity (Wildman–Crippen MR) is 89.7 cm³/mol. The van der Waals surface area contributed by atoms with Crippen molar-refractivity contribution in [3.05, 3.63) is 70.9 Å². The average Bonchev–Trinajstić information content (AvgIpc) is 2.82. The van der Waals surface area contributed by atoms with Gasteiger partial charge in [-0.05, 0) is 44.2 Å². The van der Waals surface area contributed by atoms with Crippen LogP contribution in [0.5, 0.6) is 0 Å². The van der Waals surface area contributed by atoms with Crippen LogP contribution in [0.1, 0.15) is 22.3 Å². The van der Waals surface area contributed by atoms with Crippen LogP contribution < -0.4 is 5.32 Å². The van der Waals surface area contributed by atoms with Gasteiger partial charge in [0.05, 0.1) is 0 Å². The summed E-state index contributed by atoms with van der Waals surface area (Å²) in [5, 5.41) is 4.58. The first kappa shape index (κ1) is 13.9. The average molecular weight is 278 g/mol. The summed E-state index contributed by atoms with van der Waals surface area (Å²) in [6.07, 6.45) is 2.20. The van der Waals surface area contributed by atoms with Gasteiger partial charge in [0.2, 0.25) is 0 Å². The maximum absolute atomic E-state index is 3.24. The van der Waals surface area contributed by atoms with Gasteiger partial charge in [0.15, 0.2) is 0 Å². The van der Waals surface area contributed by atoms with E-state index in [9.17, 15) is 0 Å². The number of benzene rings is 2. The zero-order valence-corrected chi connectivity index (χ0v) is 13.0. The van der Waals surface area contributed by atoms with E-state index in [-0.39, 0.29) is 0 Å². The summed E-state index contributed by atoms with van der Waals surface area (Å²) in [6, 6.07) is 15.5. The van der Waals surface area contributed by atoms with Gasteiger partial charge in [-0.3, -0.25) is 0 Å². The SMILES string of the molecule is CNCc1cccc2c1ccn2Cc1cc(C)cc(C)c1. The molecule has 2 heteroatoms. The lowest BCUT2D eigenvalue weighted by atomic mass is 10.1. The molecule has 1 heterocycles. The molecular weight excluding hydrogens is 256 g/mol. The molecule has 2 nitrogen and oxygen atoms in total. The first-order valence-electron chi connectivity index (χ1n) is 7.46. The van der Waals surface area contributed by atoms with Gasteiger partial charge >= 0.3 is 0 Å². The van der Waals surface area contributed by atoms with Crippen molar-refractivity contribution in [2.75, 3.05) is 7.05 Å². The molecule has 0 saturated heterocycles. The maximum Gasteiger partial charge on any atom is 0.0486 e. The quantitative estimate of drug-likeness (QED) is 0.762. The Morgan fingerprint density at radius 1 is 1.00 bits per heavy atom. The highest BCUT2D eigenvalue weighted by Gasteiger charge is 2.06. The van der Waals surface area contributed by atoms with Crippen molar-refractivity contribution in [1.82, 2.24) is 9.88 Å². The van der Waals surface area contributed by atoms with Gasteiger partial charge in [0.25, 0.3) is 0 Å². The van der Waals surface area contributed by atoms with E-state index in [2.05, 4.69) is 72.4 Å². The lowest BCUT2D eigenvalue weighted by Crippen LogP contribution is -2.05. The third-order valence-corrected chi connectivity index (χ3v) is 3.91. The van der Waals surface area contributed by atoms with Gasteiger partial charge in [-0.25, -0.2) is 0 Å². The molecule has 0 bridgehead atoms. The number of nitrogens with one attached hydrogen (secondary N) is 1. The molecule has 0 atom stereocenters. The number of hydrogen-bond donors (Lipinski definition) is 1. The summed E-state index contributed by atoms with van der Waals surface area (Å²) in [4.78, 5) is 0. The van der Waals surface area contributed by atoms with Crippen LogP contribution in [0.15, 0.2) is 48.7 Å². The molecule has 1 aromatic heterocycles. The van der Waals surface area contributed by atoms with Crippen molar-refractivity contribution < 1.29 is 0 Å². The molecule has 108 valence electrons. The monoisotopic (exact) mass is 278 g/mol. The Hall–Kier alpha value is -2.06. The highest BCUT2D eigenvalue weighted by molar-refractivity contribution is 5.83. The molecule has 0 saturated carbocycles. The Labute approximate surface area is 126 Å². The zero-order chi connectivity index (χ0) is 14.8. The molecule has 0 spiro atoms. The van der Waals surface area contributed by atoms with E-state index >= 15 is 0 Å². The lowest BCUT2D eigenvalue weighted by Gasteiger charge is -2.09. The summed E-state index contributed by atoms with van der Waals surface area (Å²) >= 11 is 0. The van der Waals surface area contributed by atoms with Crippen LogP contribution in [-0.4, -0.2) is 11.6 Å². The molecule has 0 aliphatic heterocycles. The zero-order valence-electron chi connectivity index (χ0n) is 13.0. The van der Waals surface area contributed by atoms with Gasteiger partial charge < -0.3 is 9.88 Å². The number of nitrogens with zero attached hydrogens (tertiary/aromatic N) is 1. The van der Waals surface area contributed by atoms with E-state index in [4.69, 9.17) is 0 Å². The molecule has 0 radical (unpaired) electrons. The molecule has 0 fully saturated rings.